The highest BCUT2D eigenvalue weighted by atomic mass is 32.1. The molecule has 0 saturated heterocycles. The Balaban J connectivity index is 2.05. The summed E-state index contributed by atoms with van der Waals surface area (Å²) in [5.41, 5.74) is 2.99. The minimum Gasteiger partial charge on any atom is -0.487 e. The van der Waals surface area contributed by atoms with Gasteiger partial charge in [-0.25, -0.2) is 10.8 Å². The number of para-hydroxylation sites is 1. The van der Waals surface area contributed by atoms with Gasteiger partial charge in [-0.3, -0.25) is 5.43 Å². The number of nitrogens with zero attached hydrogens (tertiary/aromatic N) is 2. The molecule has 0 aliphatic heterocycles. The molecule has 1 aromatic heterocycles. The Hall–Kier alpha value is -2.10. The van der Waals surface area contributed by atoms with Crippen LogP contribution in [0.4, 0.5) is 5.13 Å². The number of hydrogen-bond donors (Lipinski definition) is 2. The van der Waals surface area contributed by atoms with Gasteiger partial charge in [-0.2, -0.15) is 5.26 Å². The summed E-state index contributed by atoms with van der Waals surface area (Å²) in [4.78, 5) is 4.96. The van der Waals surface area contributed by atoms with E-state index in [9.17, 15) is 0 Å². The second-order valence-corrected chi connectivity index (χ2v) is 4.29. The molecule has 0 unspecified atom stereocenters. The number of nitriles is 1. The van der Waals surface area contributed by atoms with Crippen molar-refractivity contribution in [3.63, 3.8) is 0 Å². The highest BCUT2D eigenvalue weighted by molar-refractivity contribution is 7.15. The minimum atomic E-state index is 0.373. The lowest BCUT2D eigenvalue weighted by Crippen LogP contribution is -2.05. The lowest BCUT2D eigenvalue weighted by Gasteiger charge is -2.05. The van der Waals surface area contributed by atoms with E-state index in [2.05, 4.69) is 16.5 Å². The molecule has 0 radical (unpaired) electrons. The van der Waals surface area contributed by atoms with Crippen LogP contribution in [-0.2, 0) is 6.61 Å². The number of benzene rings is 1. The lowest BCUT2D eigenvalue weighted by molar-refractivity contribution is 0.308. The summed E-state index contributed by atoms with van der Waals surface area (Å²) in [7, 11) is 0. The van der Waals surface area contributed by atoms with Gasteiger partial charge in [-0.05, 0) is 12.1 Å². The molecule has 86 valence electrons. The molecule has 6 heteroatoms. The predicted molar refractivity (Wildman–Crippen MR) is 65.4 cm³/mol. The monoisotopic (exact) mass is 246 g/mol. The number of hydrogen-bond acceptors (Lipinski definition) is 6. The van der Waals surface area contributed by atoms with Gasteiger partial charge in [0.25, 0.3) is 0 Å². The molecule has 1 aromatic carbocycles. The van der Waals surface area contributed by atoms with Crippen LogP contribution in [0, 0.1) is 11.3 Å². The van der Waals surface area contributed by atoms with E-state index >= 15 is 0 Å². The highest BCUT2D eigenvalue weighted by Gasteiger charge is 2.04. The molecule has 0 spiro atoms. The second-order valence-electron chi connectivity index (χ2n) is 3.17. The van der Waals surface area contributed by atoms with Gasteiger partial charge >= 0.3 is 0 Å². The van der Waals surface area contributed by atoms with Crippen molar-refractivity contribution in [2.75, 3.05) is 5.43 Å². The molecule has 0 aliphatic carbocycles. The van der Waals surface area contributed by atoms with E-state index in [0.717, 1.165) is 4.88 Å². The van der Waals surface area contributed by atoms with E-state index in [1.165, 1.54) is 11.3 Å². The Morgan fingerprint density at radius 1 is 1.47 bits per heavy atom. The van der Waals surface area contributed by atoms with Gasteiger partial charge in [-0.15, -0.1) is 0 Å². The summed E-state index contributed by atoms with van der Waals surface area (Å²) < 4.78 is 5.55. The average Bonchev–Trinajstić information content (AvgIpc) is 2.84. The van der Waals surface area contributed by atoms with Gasteiger partial charge in [0, 0.05) is 6.20 Å². The molecule has 2 rings (SSSR count). The van der Waals surface area contributed by atoms with Crippen LogP contribution in [0.5, 0.6) is 5.75 Å². The van der Waals surface area contributed by atoms with Crippen LogP contribution in [-0.4, -0.2) is 4.98 Å². The van der Waals surface area contributed by atoms with Crippen LogP contribution in [0.2, 0.25) is 0 Å². The van der Waals surface area contributed by atoms with Crippen molar-refractivity contribution in [2.24, 2.45) is 5.84 Å². The number of rotatable bonds is 4. The van der Waals surface area contributed by atoms with Crippen molar-refractivity contribution in [3.8, 4) is 11.8 Å². The number of ether oxygens (including phenoxy) is 1. The molecule has 5 nitrogen and oxygen atoms in total. The third-order valence-corrected chi connectivity index (χ3v) is 2.96. The van der Waals surface area contributed by atoms with Crippen LogP contribution >= 0.6 is 11.3 Å². The molecule has 2 aromatic rings. The normalized spacial score (nSPS) is 9.65. The van der Waals surface area contributed by atoms with Gasteiger partial charge in [0.15, 0.2) is 5.13 Å². The number of anilines is 1. The molecule has 3 N–H and O–H groups in total. The second kappa shape index (κ2) is 5.30. The summed E-state index contributed by atoms with van der Waals surface area (Å²) in [6, 6.07) is 9.19. The first-order valence-corrected chi connectivity index (χ1v) is 5.68. The van der Waals surface area contributed by atoms with E-state index in [0.29, 0.717) is 23.1 Å². The molecular weight excluding hydrogens is 236 g/mol. The smallest absolute Gasteiger partial charge is 0.197 e. The zero-order chi connectivity index (χ0) is 12.1. The zero-order valence-electron chi connectivity index (χ0n) is 8.88. The van der Waals surface area contributed by atoms with Crippen molar-refractivity contribution in [1.82, 2.24) is 4.98 Å². The highest BCUT2D eigenvalue weighted by Crippen LogP contribution is 2.21. The summed E-state index contributed by atoms with van der Waals surface area (Å²) in [6.07, 6.45) is 1.69. The largest absolute Gasteiger partial charge is 0.487 e. The predicted octanol–water partition coefficient (Wildman–Crippen LogP) is 1.88. The topological polar surface area (TPSA) is 84.0 Å². The fourth-order valence-electron chi connectivity index (χ4n) is 1.27. The summed E-state index contributed by atoms with van der Waals surface area (Å²) in [6.45, 7) is 0.373. The number of aromatic nitrogens is 1. The van der Waals surface area contributed by atoms with Crippen molar-refractivity contribution >= 4 is 16.5 Å². The van der Waals surface area contributed by atoms with Crippen molar-refractivity contribution < 1.29 is 4.74 Å². The molecule has 0 fully saturated rings. The first kappa shape index (κ1) is 11.4. The molecule has 0 atom stereocenters. The van der Waals surface area contributed by atoms with Crippen molar-refractivity contribution in [1.29, 1.82) is 5.26 Å². The van der Waals surface area contributed by atoms with E-state index < -0.39 is 0 Å². The number of nitrogens with one attached hydrogen (secondary N) is 1. The van der Waals surface area contributed by atoms with Crippen molar-refractivity contribution in [2.45, 2.75) is 6.61 Å². The van der Waals surface area contributed by atoms with Gasteiger partial charge in [0.1, 0.15) is 18.4 Å². The Morgan fingerprint density at radius 3 is 3.00 bits per heavy atom. The fourth-order valence-corrected chi connectivity index (χ4v) is 1.91. The van der Waals surface area contributed by atoms with Gasteiger partial charge in [-0.1, -0.05) is 23.5 Å². The molecule has 17 heavy (non-hydrogen) atoms. The average molecular weight is 246 g/mol. The fraction of sp³-hybridized carbons (Fsp3) is 0.0909. The molecular formula is C11H10N4OS. The van der Waals surface area contributed by atoms with Crippen LogP contribution < -0.4 is 16.0 Å². The lowest BCUT2D eigenvalue weighted by atomic mass is 10.2. The summed E-state index contributed by atoms with van der Waals surface area (Å²) in [5.74, 6) is 5.80. The first-order valence-electron chi connectivity index (χ1n) is 4.86. The third-order valence-electron chi connectivity index (χ3n) is 2.05. The van der Waals surface area contributed by atoms with Gasteiger partial charge < -0.3 is 4.74 Å². The maximum Gasteiger partial charge on any atom is 0.197 e. The summed E-state index contributed by atoms with van der Waals surface area (Å²) >= 11 is 1.41. The molecule has 0 amide bonds. The Morgan fingerprint density at radius 2 is 2.29 bits per heavy atom. The molecule has 0 bridgehead atoms. The Bertz CT molecular complexity index is 546. The van der Waals surface area contributed by atoms with Crippen LogP contribution in [0.25, 0.3) is 0 Å². The quantitative estimate of drug-likeness (QED) is 0.635. The van der Waals surface area contributed by atoms with Crippen LogP contribution in [0.1, 0.15) is 10.4 Å². The number of nitrogens with two attached hydrogens (primary N) is 1. The minimum absolute atomic E-state index is 0.373. The van der Waals surface area contributed by atoms with E-state index in [4.69, 9.17) is 15.8 Å². The number of hydrazine groups is 1. The molecule has 0 saturated carbocycles. The maximum atomic E-state index is 8.89. The van der Waals surface area contributed by atoms with E-state index in [1.807, 2.05) is 6.07 Å². The molecule has 1 heterocycles. The Labute approximate surface area is 102 Å². The zero-order valence-corrected chi connectivity index (χ0v) is 9.70. The van der Waals surface area contributed by atoms with E-state index in [1.54, 1.807) is 24.4 Å². The summed E-state index contributed by atoms with van der Waals surface area (Å²) in [5, 5.41) is 9.53. The number of nitrogen functional groups attached to an aromatic ring is 1. The standard InChI is InChI=1S/C11H10N4OS/c12-5-8-3-1-2-4-10(8)16-7-9-6-14-11(15-13)17-9/h1-4,6H,7,13H2,(H,14,15). The third kappa shape index (κ3) is 2.72. The van der Waals surface area contributed by atoms with Gasteiger partial charge in [0.2, 0.25) is 0 Å². The molecule has 0 aliphatic rings. The van der Waals surface area contributed by atoms with Crippen LogP contribution in [0.3, 0.4) is 0 Å². The number of thiazole rings is 1. The van der Waals surface area contributed by atoms with Crippen LogP contribution in [0.15, 0.2) is 30.5 Å². The maximum absolute atomic E-state index is 8.89. The Kier molecular flexibility index (Phi) is 3.55. The SMILES string of the molecule is N#Cc1ccccc1OCc1cnc(NN)s1. The van der Waals surface area contributed by atoms with Crippen molar-refractivity contribution in [3.05, 3.63) is 40.9 Å². The van der Waals surface area contributed by atoms with E-state index in [-0.39, 0.29) is 0 Å². The van der Waals surface area contributed by atoms with Gasteiger partial charge in [0.05, 0.1) is 10.4 Å². The first-order chi connectivity index (χ1) is 8.33.